The van der Waals surface area contributed by atoms with Gasteiger partial charge < -0.3 is 20.0 Å². The zero-order valence-corrected chi connectivity index (χ0v) is 17.4. The van der Waals surface area contributed by atoms with Crippen LogP contribution in [0.25, 0.3) is 0 Å². The average Bonchev–Trinajstić information content (AvgIpc) is 2.99. The lowest BCUT2D eigenvalue weighted by molar-refractivity contribution is -0.146. The fourth-order valence-electron chi connectivity index (χ4n) is 4.48. The monoisotopic (exact) mass is 382 g/mol. The number of carbonyl (C=O) groups excluding carboxylic acids is 1. The van der Waals surface area contributed by atoms with E-state index in [4.69, 9.17) is 9.57 Å². The van der Waals surface area contributed by atoms with Crippen LogP contribution in [0, 0.1) is 17.3 Å². The van der Waals surface area contributed by atoms with Gasteiger partial charge in [-0.25, -0.2) is 4.79 Å². The normalized spacial score (nSPS) is 29.9. The van der Waals surface area contributed by atoms with Gasteiger partial charge in [0, 0.05) is 12.0 Å². The van der Waals surface area contributed by atoms with Crippen LogP contribution in [-0.2, 0) is 14.4 Å². The van der Waals surface area contributed by atoms with Gasteiger partial charge in [0.15, 0.2) is 6.10 Å². The summed E-state index contributed by atoms with van der Waals surface area (Å²) in [6.07, 6.45) is 3.16. The summed E-state index contributed by atoms with van der Waals surface area (Å²) in [6, 6.07) is -0.393. The molecule has 0 bridgehead atoms. The van der Waals surface area contributed by atoms with Crippen LogP contribution in [0.2, 0.25) is 0 Å². The Bertz CT molecular complexity index is 592. The second kappa shape index (κ2) is 8.07. The van der Waals surface area contributed by atoms with Gasteiger partial charge in [-0.15, -0.1) is 0 Å². The van der Waals surface area contributed by atoms with Crippen molar-refractivity contribution in [3.8, 4) is 0 Å². The largest absolute Gasteiger partial charge is 0.481 e. The molecule has 1 fully saturated rings. The van der Waals surface area contributed by atoms with Crippen LogP contribution in [0.15, 0.2) is 5.16 Å². The number of alkyl carbamates (subject to hydrolysis) is 1. The molecule has 154 valence electrons. The third-order valence-electron chi connectivity index (χ3n) is 5.66. The summed E-state index contributed by atoms with van der Waals surface area (Å²) in [6.45, 7) is 11.6. The number of aliphatic carboxylic acids is 1. The Morgan fingerprint density at radius 2 is 1.93 bits per heavy atom. The molecule has 0 radical (unpaired) electrons. The number of amides is 1. The van der Waals surface area contributed by atoms with Crippen molar-refractivity contribution in [1.82, 2.24) is 5.32 Å². The highest BCUT2D eigenvalue weighted by Gasteiger charge is 2.63. The van der Waals surface area contributed by atoms with Crippen LogP contribution in [-0.4, -0.2) is 40.6 Å². The Labute approximate surface area is 161 Å². The molecule has 1 amide bonds. The van der Waals surface area contributed by atoms with Gasteiger partial charge in [-0.05, 0) is 47.0 Å². The van der Waals surface area contributed by atoms with Gasteiger partial charge in [-0.2, -0.15) is 0 Å². The number of carboxylic acid groups (broad SMARTS) is 1. The van der Waals surface area contributed by atoms with Crippen molar-refractivity contribution in [3.63, 3.8) is 0 Å². The van der Waals surface area contributed by atoms with Gasteiger partial charge in [0.25, 0.3) is 0 Å². The van der Waals surface area contributed by atoms with E-state index < -0.39 is 41.1 Å². The highest BCUT2D eigenvalue weighted by molar-refractivity contribution is 5.96. The molecule has 7 nitrogen and oxygen atoms in total. The molecule has 7 heteroatoms. The van der Waals surface area contributed by atoms with Crippen molar-refractivity contribution >= 4 is 17.8 Å². The van der Waals surface area contributed by atoms with Gasteiger partial charge in [0.2, 0.25) is 0 Å². The first-order valence-corrected chi connectivity index (χ1v) is 10.0. The van der Waals surface area contributed by atoms with Crippen molar-refractivity contribution < 1.29 is 24.3 Å². The van der Waals surface area contributed by atoms with Gasteiger partial charge >= 0.3 is 12.1 Å². The molecule has 1 aliphatic carbocycles. The molecule has 1 aliphatic heterocycles. The quantitative estimate of drug-likeness (QED) is 0.694. The Morgan fingerprint density at radius 1 is 1.33 bits per heavy atom. The summed E-state index contributed by atoms with van der Waals surface area (Å²) >= 11 is 0. The van der Waals surface area contributed by atoms with Crippen molar-refractivity contribution in [1.29, 1.82) is 0 Å². The number of nitrogens with zero attached hydrogens (tertiary/aromatic N) is 1. The molecule has 2 rings (SSSR count). The molecule has 2 aliphatic rings. The van der Waals surface area contributed by atoms with Crippen molar-refractivity contribution in [2.45, 2.75) is 91.4 Å². The van der Waals surface area contributed by atoms with E-state index in [-0.39, 0.29) is 5.92 Å². The molecule has 0 spiro atoms. The van der Waals surface area contributed by atoms with E-state index in [2.05, 4.69) is 24.3 Å². The summed E-state index contributed by atoms with van der Waals surface area (Å²) < 4.78 is 5.40. The smallest absolute Gasteiger partial charge is 0.407 e. The highest BCUT2D eigenvalue weighted by Crippen LogP contribution is 2.51. The summed E-state index contributed by atoms with van der Waals surface area (Å²) in [5.74, 6) is -1.40. The third-order valence-corrected chi connectivity index (χ3v) is 5.66. The predicted octanol–water partition coefficient (Wildman–Crippen LogP) is 3.96. The van der Waals surface area contributed by atoms with E-state index in [9.17, 15) is 14.7 Å². The van der Waals surface area contributed by atoms with E-state index in [0.717, 1.165) is 31.4 Å². The van der Waals surface area contributed by atoms with Crippen LogP contribution >= 0.6 is 0 Å². The van der Waals surface area contributed by atoms with Gasteiger partial charge in [0.05, 0.1) is 17.0 Å². The fraction of sp³-hybridized carbons (Fsp3) is 0.850. The molecule has 4 atom stereocenters. The maximum absolute atomic E-state index is 12.4. The number of ether oxygens (including phenoxy) is 1. The van der Waals surface area contributed by atoms with E-state index in [1.54, 1.807) is 20.8 Å². The maximum atomic E-state index is 12.4. The first-order valence-electron chi connectivity index (χ1n) is 10.0. The number of rotatable bonds is 7. The summed E-state index contributed by atoms with van der Waals surface area (Å²) in [5.41, 5.74) is -0.374. The van der Waals surface area contributed by atoms with Crippen LogP contribution in [0.1, 0.15) is 73.6 Å². The number of oxime groups is 1. The van der Waals surface area contributed by atoms with Gasteiger partial charge in [-0.3, -0.25) is 4.79 Å². The van der Waals surface area contributed by atoms with Gasteiger partial charge in [-0.1, -0.05) is 31.8 Å². The maximum Gasteiger partial charge on any atom is 0.407 e. The molecule has 27 heavy (non-hydrogen) atoms. The predicted molar refractivity (Wildman–Crippen MR) is 103 cm³/mol. The van der Waals surface area contributed by atoms with Crippen LogP contribution < -0.4 is 5.32 Å². The number of nitrogens with one attached hydrogen (secondary N) is 1. The first-order chi connectivity index (χ1) is 12.5. The number of hydrogen-bond donors (Lipinski definition) is 2. The number of hydrogen-bond acceptors (Lipinski definition) is 5. The molecule has 4 unspecified atom stereocenters. The van der Waals surface area contributed by atoms with Crippen molar-refractivity contribution in [2.24, 2.45) is 22.4 Å². The lowest BCUT2D eigenvalue weighted by Crippen LogP contribution is -2.52. The van der Waals surface area contributed by atoms with Crippen molar-refractivity contribution in [3.05, 3.63) is 0 Å². The summed E-state index contributed by atoms with van der Waals surface area (Å²) in [4.78, 5) is 29.9. The summed E-state index contributed by atoms with van der Waals surface area (Å²) in [7, 11) is 0. The zero-order chi connectivity index (χ0) is 20.4. The molecule has 0 aromatic rings. The van der Waals surface area contributed by atoms with E-state index in [1.807, 2.05) is 6.92 Å². The van der Waals surface area contributed by atoms with E-state index >= 15 is 0 Å². The molecule has 1 heterocycles. The molecule has 1 saturated carbocycles. The summed E-state index contributed by atoms with van der Waals surface area (Å²) in [5, 5.41) is 16.9. The second-order valence-corrected chi connectivity index (χ2v) is 8.94. The minimum Gasteiger partial charge on any atom is -0.481 e. The van der Waals surface area contributed by atoms with Crippen LogP contribution in [0.4, 0.5) is 4.79 Å². The topological polar surface area (TPSA) is 97.2 Å². The van der Waals surface area contributed by atoms with Gasteiger partial charge in [0.1, 0.15) is 5.60 Å². The fourth-order valence-corrected chi connectivity index (χ4v) is 4.48. The molecular formula is C20H34N2O5. The third kappa shape index (κ3) is 4.38. The molecular weight excluding hydrogens is 348 g/mol. The van der Waals surface area contributed by atoms with E-state index in [1.165, 1.54) is 0 Å². The van der Waals surface area contributed by atoms with E-state index in [0.29, 0.717) is 6.42 Å². The SMILES string of the molecule is CCCC(CCC)C1=NOC2C(C(=O)O)CC(NC(=O)OC(C)(C)C)C12C. The minimum absolute atomic E-state index is 0.227. The Morgan fingerprint density at radius 3 is 2.41 bits per heavy atom. The van der Waals surface area contributed by atoms with Crippen LogP contribution in [0.3, 0.4) is 0 Å². The number of carboxylic acids is 1. The molecule has 0 saturated heterocycles. The van der Waals surface area contributed by atoms with Crippen LogP contribution in [0.5, 0.6) is 0 Å². The van der Waals surface area contributed by atoms with Crippen molar-refractivity contribution in [2.75, 3.05) is 0 Å². The lowest BCUT2D eigenvalue weighted by atomic mass is 9.71. The first kappa shape index (κ1) is 21.5. The average molecular weight is 383 g/mol. The zero-order valence-electron chi connectivity index (χ0n) is 17.4. The highest BCUT2D eigenvalue weighted by atomic mass is 16.6. The Balaban J connectivity index is 2.31. The second-order valence-electron chi connectivity index (χ2n) is 8.94. The Kier molecular flexibility index (Phi) is 6.43. The number of carbonyl (C=O) groups is 2. The number of fused-ring (bicyclic) bond motifs is 1. The minimum atomic E-state index is -0.918. The Hall–Kier alpha value is -1.79. The molecule has 0 aromatic heterocycles. The molecule has 0 aromatic carbocycles. The standard InChI is InChI=1S/C20H34N2O5/c1-7-9-12(10-8-2)15-20(6)14(21-18(25)26-19(3,4)5)11-13(17(23)24)16(20)27-22-15/h12-14,16H,7-11H2,1-6H3,(H,21,25)(H,23,24). The molecule has 2 N–H and O–H groups in total. The lowest BCUT2D eigenvalue weighted by Gasteiger charge is -2.34.